The van der Waals surface area contributed by atoms with Crippen molar-refractivity contribution >= 4 is 0 Å². The molecule has 0 N–H and O–H groups in total. The Hall–Kier alpha value is -1.76. The summed E-state index contributed by atoms with van der Waals surface area (Å²) >= 11 is 0. The summed E-state index contributed by atoms with van der Waals surface area (Å²) in [6, 6.07) is 11.1. The first-order chi connectivity index (χ1) is 9.61. The Morgan fingerprint density at radius 2 is 1.80 bits per heavy atom. The first-order valence-electron chi connectivity index (χ1n) is 7.39. The molecule has 0 heterocycles. The van der Waals surface area contributed by atoms with Crippen LogP contribution in [0.1, 0.15) is 41.5 Å². The molecule has 1 heteroatoms. The number of ether oxygens (including phenoxy) is 1. The monoisotopic (exact) mass is 266 g/mol. The Morgan fingerprint density at radius 1 is 1.10 bits per heavy atom. The lowest BCUT2D eigenvalue weighted by Crippen LogP contribution is -1.95. The molecule has 1 aliphatic carbocycles. The Morgan fingerprint density at radius 3 is 2.45 bits per heavy atom. The maximum absolute atomic E-state index is 5.38. The minimum Gasteiger partial charge on any atom is -0.497 e. The molecule has 2 aromatic carbocycles. The average molecular weight is 266 g/mol. The van der Waals surface area contributed by atoms with Crippen molar-refractivity contribution in [2.75, 3.05) is 7.11 Å². The van der Waals surface area contributed by atoms with Crippen molar-refractivity contribution < 1.29 is 4.74 Å². The van der Waals surface area contributed by atoms with Gasteiger partial charge in [-0.05, 0) is 78.1 Å². The van der Waals surface area contributed by atoms with Crippen molar-refractivity contribution in [3.63, 3.8) is 0 Å². The lowest BCUT2D eigenvalue weighted by molar-refractivity contribution is 0.414. The van der Waals surface area contributed by atoms with E-state index in [9.17, 15) is 0 Å². The van der Waals surface area contributed by atoms with Gasteiger partial charge < -0.3 is 4.74 Å². The van der Waals surface area contributed by atoms with Crippen molar-refractivity contribution in [3.8, 4) is 16.9 Å². The van der Waals surface area contributed by atoms with Gasteiger partial charge in [0.15, 0.2) is 0 Å². The van der Waals surface area contributed by atoms with Crippen LogP contribution in [0.15, 0.2) is 30.3 Å². The fourth-order valence-electron chi connectivity index (χ4n) is 3.56. The Labute approximate surface area is 121 Å². The van der Waals surface area contributed by atoms with Crippen molar-refractivity contribution in [1.29, 1.82) is 0 Å². The van der Waals surface area contributed by atoms with Crippen molar-refractivity contribution in [2.45, 2.75) is 39.5 Å². The van der Waals surface area contributed by atoms with Gasteiger partial charge in [0.05, 0.1) is 7.11 Å². The van der Waals surface area contributed by atoms with Crippen molar-refractivity contribution in [1.82, 2.24) is 0 Å². The number of benzene rings is 2. The van der Waals surface area contributed by atoms with E-state index in [4.69, 9.17) is 4.74 Å². The van der Waals surface area contributed by atoms with Gasteiger partial charge in [-0.2, -0.15) is 0 Å². The molecule has 3 rings (SSSR count). The first kappa shape index (κ1) is 13.2. The van der Waals surface area contributed by atoms with Crippen LogP contribution in [0, 0.1) is 13.8 Å². The molecule has 0 unspecified atom stereocenters. The maximum atomic E-state index is 5.38. The second-order valence-electron chi connectivity index (χ2n) is 5.95. The van der Waals surface area contributed by atoms with Gasteiger partial charge in [0, 0.05) is 0 Å². The quantitative estimate of drug-likeness (QED) is 0.741. The summed E-state index contributed by atoms with van der Waals surface area (Å²) in [5.41, 5.74) is 8.50. The zero-order chi connectivity index (χ0) is 14.3. The van der Waals surface area contributed by atoms with Gasteiger partial charge in [-0.3, -0.25) is 0 Å². The molecule has 1 nitrogen and oxygen atoms in total. The Bertz CT molecular complexity index is 632. The smallest absolute Gasteiger partial charge is 0.119 e. The van der Waals surface area contributed by atoms with Gasteiger partial charge in [0.2, 0.25) is 0 Å². The van der Waals surface area contributed by atoms with Gasteiger partial charge in [0.1, 0.15) is 5.75 Å². The lowest BCUT2D eigenvalue weighted by atomic mass is 9.90. The zero-order valence-electron chi connectivity index (χ0n) is 12.8. The summed E-state index contributed by atoms with van der Waals surface area (Å²) in [5.74, 6) is 1.65. The molecule has 20 heavy (non-hydrogen) atoms. The number of fused-ring (bicyclic) bond motifs is 1. The van der Waals surface area contributed by atoms with E-state index in [1.54, 1.807) is 12.7 Å². The molecule has 1 atom stereocenters. The van der Waals surface area contributed by atoms with Crippen molar-refractivity contribution in [2.24, 2.45) is 0 Å². The minimum atomic E-state index is 0.698. The Balaban J connectivity index is 2.20. The maximum Gasteiger partial charge on any atom is 0.119 e. The fourth-order valence-corrected chi connectivity index (χ4v) is 3.56. The third kappa shape index (κ3) is 2.02. The van der Waals surface area contributed by atoms with Crippen LogP contribution in [0.3, 0.4) is 0 Å². The number of rotatable bonds is 2. The van der Waals surface area contributed by atoms with E-state index < -0.39 is 0 Å². The zero-order valence-corrected chi connectivity index (χ0v) is 12.8. The molecule has 0 saturated heterocycles. The molecule has 0 aliphatic heterocycles. The SMILES string of the molecule is COc1cc(C)c(-c2cccc3c2CC[C@H]3C)c(C)c1. The standard InChI is InChI=1S/C19H22O/c1-12-8-9-17-16(12)6-5-7-18(17)19-13(2)10-15(20-4)11-14(19)3/h5-7,10-12H,8-9H2,1-4H3/t12-/m1/s1. The summed E-state index contributed by atoms with van der Waals surface area (Å²) < 4.78 is 5.38. The van der Waals surface area contributed by atoms with Gasteiger partial charge in [-0.25, -0.2) is 0 Å². The molecule has 104 valence electrons. The second kappa shape index (κ2) is 4.97. The van der Waals surface area contributed by atoms with Gasteiger partial charge >= 0.3 is 0 Å². The van der Waals surface area contributed by atoms with Gasteiger partial charge in [-0.1, -0.05) is 25.1 Å². The van der Waals surface area contributed by atoms with Crippen LogP contribution < -0.4 is 4.74 Å². The van der Waals surface area contributed by atoms with E-state index in [0.29, 0.717) is 5.92 Å². The number of aryl methyl sites for hydroxylation is 2. The van der Waals surface area contributed by atoms with Crippen LogP contribution in [0.25, 0.3) is 11.1 Å². The second-order valence-corrected chi connectivity index (χ2v) is 5.95. The van der Waals surface area contributed by atoms with E-state index in [0.717, 1.165) is 5.75 Å². The predicted octanol–water partition coefficient (Wildman–Crippen LogP) is 5.03. The largest absolute Gasteiger partial charge is 0.497 e. The summed E-state index contributed by atoms with van der Waals surface area (Å²) in [5, 5.41) is 0. The third-order valence-electron chi connectivity index (χ3n) is 4.58. The van der Waals surface area contributed by atoms with Gasteiger partial charge in [-0.15, -0.1) is 0 Å². The highest BCUT2D eigenvalue weighted by molar-refractivity contribution is 5.76. The molecule has 0 aromatic heterocycles. The van der Waals surface area contributed by atoms with E-state index in [1.807, 2.05) is 0 Å². The summed E-state index contributed by atoms with van der Waals surface area (Å²) in [7, 11) is 1.73. The topological polar surface area (TPSA) is 9.23 Å². The van der Waals surface area contributed by atoms with E-state index in [1.165, 1.54) is 40.7 Å². The molecule has 0 saturated carbocycles. The van der Waals surface area contributed by atoms with Crippen LogP contribution in [-0.4, -0.2) is 7.11 Å². The molecule has 0 radical (unpaired) electrons. The summed E-state index contributed by atoms with van der Waals surface area (Å²) in [6.07, 6.45) is 2.48. The fraction of sp³-hybridized carbons (Fsp3) is 0.368. The Kier molecular flexibility index (Phi) is 3.29. The first-order valence-corrected chi connectivity index (χ1v) is 7.39. The summed E-state index contributed by atoms with van der Waals surface area (Å²) in [6.45, 7) is 6.70. The molecule has 2 aromatic rings. The number of methoxy groups -OCH3 is 1. The molecular formula is C19H22O. The normalized spacial score (nSPS) is 17.1. The number of hydrogen-bond acceptors (Lipinski definition) is 1. The van der Waals surface area contributed by atoms with Crippen LogP contribution in [0.5, 0.6) is 5.75 Å². The highest BCUT2D eigenvalue weighted by atomic mass is 16.5. The van der Waals surface area contributed by atoms with E-state index in [-0.39, 0.29) is 0 Å². The highest BCUT2D eigenvalue weighted by Gasteiger charge is 2.22. The molecule has 0 bridgehead atoms. The minimum absolute atomic E-state index is 0.698. The molecule has 0 fully saturated rings. The van der Waals surface area contributed by atoms with Crippen LogP contribution in [-0.2, 0) is 6.42 Å². The third-order valence-corrected chi connectivity index (χ3v) is 4.58. The van der Waals surface area contributed by atoms with Gasteiger partial charge in [0.25, 0.3) is 0 Å². The molecular weight excluding hydrogens is 244 g/mol. The molecule has 0 spiro atoms. The van der Waals surface area contributed by atoms with Crippen LogP contribution >= 0.6 is 0 Å². The predicted molar refractivity (Wildman–Crippen MR) is 84.6 cm³/mol. The highest BCUT2D eigenvalue weighted by Crippen LogP contribution is 2.41. The average Bonchev–Trinajstić information content (AvgIpc) is 2.81. The lowest BCUT2D eigenvalue weighted by Gasteiger charge is -2.16. The van der Waals surface area contributed by atoms with Crippen molar-refractivity contribution in [3.05, 3.63) is 52.6 Å². The summed E-state index contributed by atoms with van der Waals surface area (Å²) in [4.78, 5) is 0. The van der Waals surface area contributed by atoms with E-state index >= 15 is 0 Å². The van der Waals surface area contributed by atoms with Crippen LogP contribution in [0.2, 0.25) is 0 Å². The van der Waals surface area contributed by atoms with E-state index in [2.05, 4.69) is 51.1 Å². The molecule has 0 amide bonds. The number of hydrogen-bond donors (Lipinski definition) is 0. The molecule has 1 aliphatic rings. The van der Waals surface area contributed by atoms with Crippen LogP contribution in [0.4, 0.5) is 0 Å².